The van der Waals surface area contributed by atoms with Gasteiger partial charge in [0.1, 0.15) is 0 Å². The third-order valence-electron chi connectivity index (χ3n) is 3.24. The van der Waals surface area contributed by atoms with Crippen LogP contribution in [0, 0.1) is 23.0 Å². The molecule has 2 N–H and O–H groups in total. The summed E-state index contributed by atoms with van der Waals surface area (Å²) in [4.78, 5) is 33.3. The minimum Gasteiger partial charge on any atom is -0.481 e. The second-order valence-electron chi connectivity index (χ2n) is 4.74. The molecule has 1 aromatic rings. The molecule has 0 aliphatic heterocycles. The lowest BCUT2D eigenvalue weighted by Gasteiger charge is -2.13. The number of carboxylic acids is 1. The fourth-order valence-electron chi connectivity index (χ4n) is 2.04. The van der Waals surface area contributed by atoms with Crippen molar-refractivity contribution in [3.05, 3.63) is 39.4 Å². The summed E-state index contributed by atoms with van der Waals surface area (Å²) in [7, 11) is 0. The SMILES string of the molecule is CCCC(CNC(=O)c1cccc([N+](=O)[O-])c1C)C(=O)O. The molecule has 0 aliphatic rings. The van der Waals surface area contributed by atoms with Crippen LogP contribution < -0.4 is 5.32 Å². The summed E-state index contributed by atoms with van der Waals surface area (Å²) in [6.45, 7) is 3.36. The molecule has 0 radical (unpaired) electrons. The van der Waals surface area contributed by atoms with Crippen LogP contribution in [0.3, 0.4) is 0 Å². The maximum absolute atomic E-state index is 12.0. The Morgan fingerprint density at radius 2 is 2.10 bits per heavy atom. The highest BCUT2D eigenvalue weighted by Crippen LogP contribution is 2.21. The van der Waals surface area contributed by atoms with Crippen molar-refractivity contribution in [2.45, 2.75) is 26.7 Å². The van der Waals surface area contributed by atoms with Crippen LogP contribution in [0.5, 0.6) is 0 Å². The minimum absolute atomic E-state index is 0.00411. The molecule has 0 aliphatic carbocycles. The van der Waals surface area contributed by atoms with Gasteiger partial charge in [-0.1, -0.05) is 19.4 Å². The first kappa shape index (κ1) is 16.6. The van der Waals surface area contributed by atoms with Crippen LogP contribution in [0.2, 0.25) is 0 Å². The number of nitro benzene ring substituents is 1. The quantitative estimate of drug-likeness (QED) is 0.591. The Balaban J connectivity index is 2.83. The number of carbonyl (C=O) groups excluding carboxylic acids is 1. The van der Waals surface area contributed by atoms with Crippen molar-refractivity contribution in [3.63, 3.8) is 0 Å². The van der Waals surface area contributed by atoms with E-state index in [1.807, 2.05) is 6.92 Å². The zero-order valence-electron chi connectivity index (χ0n) is 12.0. The Morgan fingerprint density at radius 3 is 2.62 bits per heavy atom. The van der Waals surface area contributed by atoms with Crippen LogP contribution in [-0.2, 0) is 4.79 Å². The van der Waals surface area contributed by atoms with E-state index in [1.165, 1.54) is 25.1 Å². The van der Waals surface area contributed by atoms with Crippen molar-refractivity contribution in [2.24, 2.45) is 5.92 Å². The zero-order chi connectivity index (χ0) is 16.0. The standard InChI is InChI=1S/C14H18N2O5/c1-3-5-10(14(18)19)8-15-13(17)11-6-4-7-12(9(11)2)16(20)21/h4,6-7,10H,3,5,8H2,1-2H3,(H,15,17)(H,18,19). The number of rotatable bonds is 7. The summed E-state index contributed by atoms with van der Waals surface area (Å²) in [5.41, 5.74) is 0.318. The number of nitrogens with zero attached hydrogens (tertiary/aromatic N) is 1. The lowest BCUT2D eigenvalue weighted by atomic mass is 10.0. The van der Waals surface area contributed by atoms with Crippen LogP contribution in [0.15, 0.2) is 18.2 Å². The van der Waals surface area contributed by atoms with Crippen LogP contribution in [-0.4, -0.2) is 28.5 Å². The molecule has 21 heavy (non-hydrogen) atoms. The lowest BCUT2D eigenvalue weighted by molar-refractivity contribution is -0.385. The number of hydrogen-bond donors (Lipinski definition) is 2. The summed E-state index contributed by atoms with van der Waals surface area (Å²) < 4.78 is 0. The van der Waals surface area contributed by atoms with E-state index in [9.17, 15) is 19.7 Å². The van der Waals surface area contributed by atoms with Gasteiger partial charge in [-0.25, -0.2) is 0 Å². The minimum atomic E-state index is -0.965. The van der Waals surface area contributed by atoms with Gasteiger partial charge in [-0.15, -0.1) is 0 Å². The smallest absolute Gasteiger partial charge is 0.308 e. The van der Waals surface area contributed by atoms with Gasteiger partial charge in [0.25, 0.3) is 11.6 Å². The summed E-state index contributed by atoms with van der Waals surface area (Å²) in [6.07, 6.45) is 1.16. The molecule has 0 fully saturated rings. The average Bonchev–Trinajstić information content (AvgIpc) is 2.42. The Kier molecular flexibility index (Phi) is 5.83. The summed E-state index contributed by atoms with van der Waals surface area (Å²) in [6, 6.07) is 4.23. The van der Waals surface area contributed by atoms with Gasteiger partial charge in [0.2, 0.25) is 0 Å². The summed E-state index contributed by atoms with van der Waals surface area (Å²) in [5.74, 6) is -2.12. The first-order chi connectivity index (χ1) is 9.88. The first-order valence-corrected chi connectivity index (χ1v) is 6.63. The fourth-order valence-corrected chi connectivity index (χ4v) is 2.04. The van der Waals surface area contributed by atoms with E-state index < -0.39 is 22.7 Å². The van der Waals surface area contributed by atoms with E-state index in [-0.39, 0.29) is 23.4 Å². The molecule has 0 bridgehead atoms. The molecular formula is C14H18N2O5. The predicted molar refractivity (Wildman–Crippen MR) is 76.2 cm³/mol. The lowest BCUT2D eigenvalue weighted by Crippen LogP contribution is -2.33. The van der Waals surface area contributed by atoms with Crippen molar-refractivity contribution >= 4 is 17.6 Å². The Hall–Kier alpha value is -2.44. The van der Waals surface area contributed by atoms with Gasteiger partial charge in [-0.3, -0.25) is 19.7 Å². The number of nitrogens with one attached hydrogen (secondary N) is 1. The van der Waals surface area contributed by atoms with Crippen LogP contribution >= 0.6 is 0 Å². The van der Waals surface area contributed by atoms with Gasteiger partial charge in [0, 0.05) is 23.7 Å². The molecule has 0 saturated carbocycles. The fraction of sp³-hybridized carbons (Fsp3) is 0.429. The van der Waals surface area contributed by atoms with Crippen molar-refractivity contribution in [1.29, 1.82) is 0 Å². The molecule has 114 valence electrons. The van der Waals surface area contributed by atoms with Crippen LogP contribution in [0.1, 0.15) is 35.7 Å². The maximum atomic E-state index is 12.0. The third kappa shape index (κ3) is 4.27. The molecule has 1 amide bonds. The number of benzene rings is 1. The van der Waals surface area contributed by atoms with Crippen molar-refractivity contribution < 1.29 is 19.6 Å². The maximum Gasteiger partial charge on any atom is 0.308 e. The van der Waals surface area contributed by atoms with Gasteiger partial charge in [0.05, 0.1) is 10.8 Å². The monoisotopic (exact) mass is 294 g/mol. The molecule has 1 aromatic carbocycles. The normalized spacial score (nSPS) is 11.7. The van der Waals surface area contributed by atoms with Gasteiger partial charge in [0.15, 0.2) is 0 Å². The highest BCUT2D eigenvalue weighted by atomic mass is 16.6. The highest BCUT2D eigenvalue weighted by molar-refractivity contribution is 5.96. The first-order valence-electron chi connectivity index (χ1n) is 6.63. The number of carbonyl (C=O) groups is 2. The second-order valence-corrected chi connectivity index (χ2v) is 4.74. The predicted octanol–water partition coefficient (Wildman–Crippen LogP) is 2.13. The van der Waals surface area contributed by atoms with Crippen LogP contribution in [0.25, 0.3) is 0 Å². The highest BCUT2D eigenvalue weighted by Gasteiger charge is 2.21. The summed E-state index contributed by atoms with van der Waals surface area (Å²) >= 11 is 0. The van der Waals surface area contributed by atoms with Gasteiger partial charge in [-0.2, -0.15) is 0 Å². The van der Waals surface area contributed by atoms with E-state index in [2.05, 4.69) is 5.32 Å². The molecule has 1 atom stereocenters. The van der Waals surface area contributed by atoms with Gasteiger partial charge < -0.3 is 10.4 Å². The second kappa shape index (κ2) is 7.37. The number of aliphatic carboxylic acids is 1. The number of carboxylic acid groups (broad SMARTS) is 1. The number of amides is 1. The third-order valence-corrected chi connectivity index (χ3v) is 3.24. The van der Waals surface area contributed by atoms with Crippen molar-refractivity contribution in [1.82, 2.24) is 5.32 Å². The molecular weight excluding hydrogens is 276 g/mol. The number of hydrogen-bond acceptors (Lipinski definition) is 4. The number of nitro groups is 1. The zero-order valence-corrected chi connectivity index (χ0v) is 12.0. The Bertz CT molecular complexity index is 556. The van der Waals surface area contributed by atoms with Gasteiger partial charge >= 0.3 is 5.97 Å². The van der Waals surface area contributed by atoms with Gasteiger partial charge in [-0.05, 0) is 19.4 Å². The molecule has 0 spiro atoms. The average molecular weight is 294 g/mol. The molecule has 0 aromatic heterocycles. The Morgan fingerprint density at radius 1 is 1.43 bits per heavy atom. The van der Waals surface area contributed by atoms with Crippen LogP contribution in [0.4, 0.5) is 5.69 Å². The molecule has 7 nitrogen and oxygen atoms in total. The molecule has 7 heteroatoms. The topological polar surface area (TPSA) is 110 Å². The van der Waals surface area contributed by atoms with E-state index in [4.69, 9.17) is 5.11 Å². The Labute approximate surface area is 122 Å². The van der Waals surface area contributed by atoms with E-state index in [0.29, 0.717) is 12.8 Å². The molecule has 0 heterocycles. The largest absolute Gasteiger partial charge is 0.481 e. The van der Waals surface area contributed by atoms with E-state index in [1.54, 1.807) is 0 Å². The van der Waals surface area contributed by atoms with E-state index in [0.717, 1.165) is 0 Å². The summed E-state index contributed by atoms with van der Waals surface area (Å²) in [5, 5.41) is 22.4. The van der Waals surface area contributed by atoms with Crippen molar-refractivity contribution in [2.75, 3.05) is 6.54 Å². The molecule has 1 rings (SSSR count). The van der Waals surface area contributed by atoms with Crippen molar-refractivity contribution in [3.8, 4) is 0 Å². The molecule has 1 unspecified atom stereocenters. The molecule has 0 saturated heterocycles. The van der Waals surface area contributed by atoms with E-state index >= 15 is 0 Å².